The highest BCUT2D eigenvalue weighted by atomic mass is 32.2. The van der Waals surface area contributed by atoms with E-state index in [9.17, 15) is 12.8 Å². The van der Waals surface area contributed by atoms with Crippen LogP contribution >= 0.6 is 0 Å². The maximum Gasteiger partial charge on any atom is 0.258 e. The molecule has 1 N–H and O–H groups in total. The standard InChI is InChI=1S/C15H16FN3O3S/c16-12-5-2-1-4-11(12)15(9-22-10-15)18-23(20,21)14-8-17-13-6-3-7-19(13)14/h1-2,4-5,8,18H,3,6-7,9-10H2. The average Bonchev–Trinajstić information content (AvgIpc) is 3.06. The van der Waals surface area contributed by atoms with Crippen LogP contribution in [0.4, 0.5) is 4.39 Å². The summed E-state index contributed by atoms with van der Waals surface area (Å²) in [5.74, 6) is 0.326. The van der Waals surface area contributed by atoms with E-state index in [0.29, 0.717) is 12.1 Å². The minimum Gasteiger partial charge on any atom is -0.377 e. The first-order valence-electron chi connectivity index (χ1n) is 7.43. The molecule has 0 radical (unpaired) electrons. The Bertz CT molecular complexity index is 859. The molecule has 0 spiro atoms. The summed E-state index contributed by atoms with van der Waals surface area (Å²) in [7, 11) is -3.82. The van der Waals surface area contributed by atoms with E-state index in [0.717, 1.165) is 18.7 Å². The number of aryl methyl sites for hydroxylation is 1. The van der Waals surface area contributed by atoms with E-state index in [1.54, 1.807) is 22.8 Å². The van der Waals surface area contributed by atoms with Gasteiger partial charge in [0.15, 0.2) is 5.03 Å². The summed E-state index contributed by atoms with van der Waals surface area (Å²) >= 11 is 0. The SMILES string of the molecule is O=S(=O)(NC1(c2ccccc2F)COC1)c1cnc2n1CCC2. The quantitative estimate of drug-likeness (QED) is 0.909. The van der Waals surface area contributed by atoms with Crippen LogP contribution in [0, 0.1) is 5.82 Å². The molecule has 23 heavy (non-hydrogen) atoms. The average molecular weight is 337 g/mol. The molecule has 4 rings (SSSR count). The van der Waals surface area contributed by atoms with E-state index >= 15 is 0 Å². The van der Waals surface area contributed by atoms with Gasteiger partial charge in [0.1, 0.15) is 17.2 Å². The van der Waals surface area contributed by atoms with E-state index in [2.05, 4.69) is 9.71 Å². The monoisotopic (exact) mass is 337 g/mol. The lowest BCUT2D eigenvalue weighted by Crippen LogP contribution is -2.59. The lowest BCUT2D eigenvalue weighted by Gasteiger charge is -2.42. The molecule has 122 valence electrons. The molecule has 2 aromatic rings. The maximum absolute atomic E-state index is 14.1. The lowest BCUT2D eigenvalue weighted by atomic mass is 9.89. The third-order valence-corrected chi connectivity index (χ3v) is 5.91. The van der Waals surface area contributed by atoms with Crippen LogP contribution in [0.2, 0.25) is 0 Å². The summed E-state index contributed by atoms with van der Waals surface area (Å²) < 4.78 is 49.3. The molecule has 6 nitrogen and oxygen atoms in total. The van der Waals surface area contributed by atoms with E-state index in [-0.39, 0.29) is 18.2 Å². The van der Waals surface area contributed by atoms with E-state index in [1.807, 2.05) is 0 Å². The number of hydrogen-bond donors (Lipinski definition) is 1. The third-order valence-electron chi connectivity index (χ3n) is 4.38. The molecule has 1 aromatic heterocycles. The van der Waals surface area contributed by atoms with Gasteiger partial charge in [0.2, 0.25) is 0 Å². The van der Waals surface area contributed by atoms with Gasteiger partial charge >= 0.3 is 0 Å². The van der Waals surface area contributed by atoms with Crippen molar-refractivity contribution < 1.29 is 17.5 Å². The second kappa shape index (κ2) is 5.12. The van der Waals surface area contributed by atoms with Crippen LogP contribution in [-0.4, -0.2) is 31.2 Å². The first kappa shape index (κ1) is 14.8. The number of fused-ring (bicyclic) bond motifs is 1. The van der Waals surface area contributed by atoms with Gasteiger partial charge in [0.25, 0.3) is 10.0 Å². The molecule has 0 bridgehead atoms. The van der Waals surface area contributed by atoms with Crippen LogP contribution in [0.5, 0.6) is 0 Å². The largest absolute Gasteiger partial charge is 0.377 e. The van der Waals surface area contributed by atoms with Crippen molar-refractivity contribution in [3.05, 3.63) is 47.7 Å². The molecule has 0 amide bonds. The molecule has 0 saturated carbocycles. The van der Waals surface area contributed by atoms with Crippen LogP contribution in [-0.2, 0) is 33.3 Å². The van der Waals surface area contributed by atoms with Gasteiger partial charge < -0.3 is 9.30 Å². The van der Waals surface area contributed by atoms with Crippen molar-refractivity contribution >= 4 is 10.0 Å². The fraction of sp³-hybridized carbons (Fsp3) is 0.400. The van der Waals surface area contributed by atoms with Crippen LogP contribution < -0.4 is 4.72 Å². The highest BCUT2D eigenvalue weighted by molar-refractivity contribution is 7.89. The summed E-state index contributed by atoms with van der Waals surface area (Å²) in [6, 6.07) is 6.16. The highest BCUT2D eigenvalue weighted by Crippen LogP contribution is 2.33. The van der Waals surface area contributed by atoms with Crippen LogP contribution in [0.25, 0.3) is 0 Å². The Hall–Kier alpha value is -1.77. The minimum atomic E-state index is -3.82. The first-order chi connectivity index (χ1) is 11.0. The van der Waals surface area contributed by atoms with E-state index in [1.165, 1.54) is 12.3 Å². The van der Waals surface area contributed by atoms with Gasteiger partial charge in [0, 0.05) is 18.5 Å². The fourth-order valence-corrected chi connectivity index (χ4v) is 4.70. The van der Waals surface area contributed by atoms with Gasteiger partial charge in [-0.1, -0.05) is 18.2 Å². The Kier molecular flexibility index (Phi) is 3.29. The summed E-state index contributed by atoms with van der Waals surface area (Å²) in [6.07, 6.45) is 3.02. The van der Waals surface area contributed by atoms with Gasteiger partial charge in [-0.05, 0) is 12.5 Å². The summed E-state index contributed by atoms with van der Waals surface area (Å²) in [5, 5.41) is 0.132. The number of halogens is 1. The molecular formula is C15H16FN3O3S. The Morgan fingerprint density at radius 3 is 2.78 bits per heavy atom. The molecule has 1 saturated heterocycles. The first-order valence-corrected chi connectivity index (χ1v) is 8.91. The van der Waals surface area contributed by atoms with E-state index < -0.39 is 21.4 Å². The Balaban J connectivity index is 1.72. The Labute approximate surface area is 133 Å². The van der Waals surface area contributed by atoms with Crippen molar-refractivity contribution in [3.63, 3.8) is 0 Å². The minimum absolute atomic E-state index is 0.105. The number of ether oxygens (including phenoxy) is 1. The van der Waals surface area contributed by atoms with E-state index in [4.69, 9.17) is 4.74 Å². The predicted molar refractivity (Wildman–Crippen MR) is 79.8 cm³/mol. The topological polar surface area (TPSA) is 73.2 Å². The molecule has 2 aliphatic heterocycles. The number of imidazole rings is 1. The predicted octanol–water partition coefficient (Wildman–Crippen LogP) is 1.17. The number of nitrogens with zero attached hydrogens (tertiary/aromatic N) is 2. The van der Waals surface area contributed by atoms with Crippen LogP contribution in [0.15, 0.2) is 35.5 Å². The van der Waals surface area contributed by atoms with Gasteiger partial charge in [-0.15, -0.1) is 0 Å². The van der Waals surface area contributed by atoms with Crippen molar-refractivity contribution in [3.8, 4) is 0 Å². The number of benzene rings is 1. The van der Waals surface area contributed by atoms with Crippen molar-refractivity contribution in [1.82, 2.24) is 14.3 Å². The third kappa shape index (κ3) is 2.29. The smallest absolute Gasteiger partial charge is 0.258 e. The molecular weight excluding hydrogens is 321 g/mol. The number of aromatic nitrogens is 2. The van der Waals surface area contributed by atoms with Crippen molar-refractivity contribution in [1.29, 1.82) is 0 Å². The molecule has 2 aliphatic rings. The fourth-order valence-electron chi connectivity index (χ4n) is 3.18. The van der Waals surface area contributed by atoms with Crippen molar-refractivity contribution in [2.45, 2.75) is 30.0 Å². The Morgan fingerprint density at radius 2 is 2.09 bits per heavy atom. The normalized spacial score (nSPS) is 19.3. The van der Waals surface area contributed by atoms with Crippen LogP contribution in [0.1, 0.15) is 17.8 Å². The van der Waals surface area contributed by atoms with Gasteiger partial charge in [-0.2, -0.15) is 4.72 Å². The molecule has 1 aromatic carbocycles. The number of nitrogens with one attached hydrogen (secondary N) is 1. The van der Waals surface area contributed by atoms with Gasteiger partial charge in [-0.3, -0.25) is 0 Å². The summed E-state index contributed by atoms with van der Waals surface area (Å²) in [4.78, 5) is 4.17. The molecule has 1 fully saturated rings. The summed E-state index contributed by atoms with van der Waals surface area (Å²) in [6.45, 7) is 0.844. The van der Waals surface area contributed by atoms with Crippen molar-refractivity contribution in [2.24, 2.45) is 0 Å². The number of hydrogen-bond acceptors (Lipinski definition) is 4. The maximum atomic E-state index is 14.1. The molecule has 3 heterocycles. The van der Waals surface area contributed by atoms with Crippen LogP contribution in [0.3, 0.4) is 0 Å². The molecule has 0 atom stereocenters. The van der Waals surface area contributed by atoms with Gasteiger partial charge in [-0.25, -0.2) is 17.8 Å². The second-order valence-corrected chi connectivity index (χ2v) is 7.56. The lowest BCUT2D eigenvalue weighted by molar-refractivity contribution is -0.0680. The number of sulfonamides is 1. The number of rotatable bonds is 4. The summed E-state index contributed by atoms with van der Waals surface area (Å²) in [5.41, 5.74) is -0.760. The zero-order valence-electron chi connectivity index (χ0n) is 12.3. The molecule has 8 heteroatoms. The zero-order valence-corrected chi connectivity index (χ0v) is 13.1. The molecule has 0 aliphatic carbocycles. The molecule has 0 unspecified atom stereocenters. The second-order valence-electron chi connectivity index (χ2n) is 5.93. The zero-order chi connectivity index (χ0) is 16.1. The Morgan fingerprint density at radius 1 is 1.30 bits per heavy atom. The highest BCUT2D eigenvalue weighted by Gasteiger charge is 2.46. The van der Waals surface area contributed by atoms with Crippen molar-refractivity contribution in [2.75, 3.05) is 13.2 Å². The van der Waals surface area contributed by atoms with Gasteiger partial charge in [0.05, 0.1) is 19.4 Å².